The maximum Gasteiger partial charge on any atom is 0.231 e. The summed E-state index contributed by atoms with van der Waals surface area (Å²) in [6, 6.07) is 3.36. The molecule has 0 saturated carbocycles. The Balaban J connectivity index is 2.25. The molecule has 86 valence electrons. The Labute approximate surface area is 98.0 Å². The molecule has 1 aromatic rings. The number of ether oxygens (including phenoxy) is 3. The van der Waals surface area contributed by atoms with Gasteiger partial charge in [-0.15, -0.1) is 0 Å². The highest BCUT2D eigenvalue weighted by atomic mass is 35.5. The van der Waals surface area contributed by atoms with Gasteiger partial charge < -0.3 is 19.3 Å². The molecule has 0 amide bonds. The minimum absolute atomic E-state index is 0.138. The molecule has 0 spiro atoms. The van der Waals surface area contributed by atoms with Crippen LogP contribution in [-0.2, 0) is 6.61 Å². The van der Waals surface area contributed by atoms with Crippen molar-refractivity contribution in [1.82, 2.24) is 0 Å². The van der Waals surface area contributed by atoms with E-state index in [1.54, 1.807) is 12.1 Å². The lowest BCUT2D eigenvalue weighted by molar-refractivity contribution is 0.173. The van der Waals surface area contributed by atoms with Gasteiger partial charge in [-0.1, -0.05) is 18.2 Å². The number of halogens is 1. The molecule has 0 radical (unpaired) electrons. The van der Waals surface area contributed by atoms with Crippen LogP contribution < -0.4 is 14.2 Å². The molecule has 1 aliphatic rings. The molecule has 1 N–H and O–H groups in total. The van der Waals surface area contributed by atoms with Crippen LogP contribution >= 0.6 is 11.6 Å². The van der Waals surface area contributed by atoms with Gasteiger partial charge in [-0.3, -0.25) is 0 Å². The standard InChI is InChI=1S/C11H11ClO4/c1-7(12)5-14-9-3-11-10(15-6-16-11)2-8(9)4-13/h2-3,13H,1,4-6H2. The topological polar surface area (TPSA) is 47.9 Å². The SMILES string of the molecule is C=C(Cl)COc1cc2c(cc1CO)OCO2. The average Bonchev–Trinajstić information content (AvgIpc) is 2.71. The van der Waals surface area contributed by atoms with E-state index in [-0.39, 0.29) is 20.0 Å². The maximum atomic E-state index is 9.18. The third-order valence-corrected chi connectivity index (χ3v) is 2.22. The second-order valence-electron chi connectivity index (χ2n) is 3.28. The summed E-state index contributed by atoms with van der Waals surface area (Å²) >= 11 is 5.60. The highest BCUT2D eigenvalue weighted by Gasteiger charge is 2.17. The second-order valence-corrected chi connectivity index (χ2v) is 3.81. The zero-order valence-electron chi connectivity index (χ0n) is 8.53. The number of aliphatic hydroxyl groups is 1. The molecule has 2 rings (SSSR count). The van der Waals surface area contributed by atoms with Crippen LogP contribution in [0.4, 0.5) is 0 Å². The van der Waals surface area contributed by atoms with Crippen LogP contribution in [0.25, 0.3) is 0 Å². The van der Waals surface area contributed by atoms with Crippen LogP contribution in [0.15, 0.2) is 23.7 Å². The van der Waals surface area contributed by atoms with E-state index in [1.165, 1.54) is 0 Å². The van der Waals surface area contributed by atoms with Crippen molar-refractivity contribution in [1.29, 1.82) is 0 Å². The van der Waals surface area contributed by atoms with E-state index in [0.29, 0.717) is 27.8 Å². The highest BCUT2D eigenvalue weighted by Crippen LogP contribution is 2.38. The third kappa shape index (κ3) is 2.23. The van der Waals surface area contributed by atoms with Gasteiger partial charge in [0.2, 0.25) is 6.79 Å². The lowest BCUT2D eigenvalue weighted by Gasteiger charge is -2.10. The zero-order valence-corrected chi connectivity index (χ0v) is 9.29. The van der Waals surface area contributed by atoms with Crippen molar-refractivity contribution in [3.8, 4) is 17.2 Å². The van der Waals surface area contributed by atoms with Gasteiger partial charge in [-0.2, -0.15) is 0 Å². The number of benzene rings is 1. The highest BCUT2D eigenvalue weighted by molar-refractivity contribution is 6.29. The van der Waals surface area contributed by atoms with Gasteiger partial charge in [0, 0.05) is 16.7 Å². The fourth-order valence-corrected chi connectivity index (χ4v) is 1.43. The first-order valence-corrected chi connectivity index (χ1v) is 5.08. The summed E-state index contributed by atoms with van der Waals surface area (Å²) < 4.78 is 15.8. The van der Waals surface area contributed by atoms with Crippen molar-refractivity contribution >= 4 is 11.6 Å². The van der Waals surface area contributed by atoms with Crippen LogP contribution in [0, 0.1) is 0 Å². The quantitative estimate of drug-likeness (QED) is 0.878. The van der Waals surface area contributed by atoms with Gasteiger partial charge in [-0.05, 0) is 6.07 Å². The van der Waals surface area contributed by atoms with Crippen LogP contribution in [-0.4, -0.2) is 18.5 Å². The largest absolute Gasteiger partial charge is 0.487 e. The molecule has 0 aliphatic carbocycles. The number of fused-ring (bicyclic) bond motifs is 1. The molecular formula is C11H11ClO4. The second kappa shape index (κ2) is 4.63. The van der Waals surface area contributed by atoms with Gasteiger partial charge in [0.05, 0.1) is 6.61 Å². The Morgan fingerprint density at radius 2 is 2.12 bits per heavy atom. The molecule has 0 atom stereocenters. The average molecular weight is 243 g/mol. The van der Waals surface area contributed by atoms with Crippen molar-refractivity contribution in [2.24, 2.45) is 0 Å². The number of aliphatic hydroxyl groups excluding tert-OH is 1. The van der Waals surface area contributed by atoms with E-state index in [1.807, 2.05) is 0 Å². The van der Waals surface area contributed by atoms with Crippen molar-refractivity contribution in [3.05, 3.63) is 29.3 Å². The lowest BCUT2D eigenvalue weighted by Crippen LogP contribution is -2.00. The van der Waals surface area contributed by atoms with Crippen molar-refractivity contribution < 1.29 is 19.3 Å². The molecule has 0 bridgehead atoms. The van der Waals surface area contributed by atoms with E-state index in [4.69, 9.17) is 25.8 Å². The molecule has 1 aromatic carbocycles. The molecule has 0 saturated heterocycles. The van der Waals surface area contributed by atoms with Crippen LogP contribution in [0.1, 0.15) is 5.56 Å². The zero-order chi connectivity index (χ0) is 11.5. The molecule has 1 aliphatic heterocycles. The Hall–Kier alpha value is -1.39. The van der Waals surface area contributed by atoms with Crippen molar-refractivity contribution in [2.45, 2.75) is 6.61 Å². The summed E-state index contributed by atoms with van der Waals surface area (Å²) in [5.41, 5.74) is 0.627. The van der Waals surface area contributed by atoms with E-state index in [9.17, 15) is 5.11 Å². The van der Waals surface area contributed by atoms with Crippen molar-refractivity contribution in [2.75, 3.05) is 13.4 Å². The van der Waals surface area contributed by atoms with Gasteiger partial charge >= 0.3 is 0 Å². The molecule has 0 aromatic heterocycles. The Bertz CT molecular complexity index is 417. The summed E-state index contributed by atoms with van der Waals surface area (Å²) in [4.78, 5) is 0. The summed E-state index contributed by atoms with van der Waals surface area (Å²) in [5.74, 6) is 1.74. The molecule has 16 heavy (non-hydrogen) atoms. The molecule has 0 fully saturated rings. The van der Waals surface area contributed by atoms with Crippen LogP contribution in [0.3, 0.4) is 0 Å². The Morgan fingerprint density at radius 1 is 1.44 bits per heavy atom. The van der Waals surface area contributed by atoms with Crippen molar-refractivity contribution in [3.63, 3.8) is 0 Å². The predicted octanol–water partition coefficient (Wildman–Crippen LogP) is 2.04. The molecular weight excluding hydrogens is 232 g/mol. The van der Waals surface area contributed by atoms with E-state index < -0.39 is 0 Å². The van der Waals surface area contributed by atoms with E-state index in [0.717, 1.165) is 0 Å². The predicted molar refractivity (Wildman–Crippen MR) is 59.0 cm³/mol. The number of hydrogen-bond acceptors (Lipinski definition) is 4. The van der Waals surface area contributed by atoms with Crippen LogP contribution in [0.5, 0.6) is 17.2 Å². The van der Waals surface area contributed by atoms with E-state index in [2.05, 4.69) is 6.58 Å². The Kier molecular flexibility index (Phi) is 3.22. The third-order valence-electron chi connectivity index (χ3n) is 2.11. The van der Waals surface area contributed by atoms with Gasteiger partial charge in [0.15, 0.2) is 11.5 Å². The van der Waals surface area contributed by atoms with Gasteiger partial charge in [0.25, 0.3) is 0 Å². The minimum atomic E-state index is -0.138. The molecule has 0 unspecified atom stereocenters. The van der Waals surface area contributed by atoms with Gasteiger partial charge in [-0.25, -0.2) is 0 Å². The fourth-order valence-electron chi connectivity index (χ4n) is 1.38. The fraction of sp³-hybridized carbons (Fsp3) is 0.273. The lowest BCUT2D eigenvalue weighted by atomic mass is 10.2. The van der Waals surface area contributed by atoms with E-state index >= 15 is 0 Å². The first-order valence-electron chi connectivity index (χ1n) is 4.70. The molecule has 5 heteroatoms. The summed E-state index contributed by atoms with van der Waals surface area (Å²) in [7, 11) is 0. The monoisotopic (exact) mass is 242 g/mol. The summed E-state index contributed by atoms with van der Waals surface area (Å²) in [6.07, 6.45) is 0. The smallest absolute Gasteiger partial charge is 0.231 e. The molecule has 1 heterocycles. The normalized spacial score (nSPS) is 12.6. The first-order chi connectivity index (χ1) is 7.70. The summed E-state index contributed by atoms with van der Waals surface area (Å²) in [5, 5.41) is 9.57. The maximum absolute atomic E-state index is 9.18. The van der Waals surface area contributed by atoms with Crippen LogP contribution in [0.2, 0.25) is 0 Å². The first kappa shape index (κ1) is 11.1. The minimum Gasteiger partial charge on any atom is -0.487 e. The number of rotatable bonds is 4. The summed E-state index contributed by atoms with van der Waals surface area (Å²) in [6.45, 7) is 3.76. The Morgan fingerprint density at radius 3 is 2.75 bits per heavy atom. The molecule has 4 nitrogen and oxygen atoms in total. The number of hydrogen-bond donors (Lipinski definition) is 1. The van der Waals surface area contributed by atoms with Gasteiger partial charge in [0.1, 0.15) is 12.4 Å².